The monoisotopic (exact) mass is 379 g/mol. The molecule has 0 aliphatic carbocycles. The molecule has 2 aromatic carbocycles. The largest absolute Gasteiger partial charge is 0.366 e. The van der Waals surface area contributed by atoms with E-state index in [0.717, 1.165) is 18.2 Å². The van der Waals surface area contributed by atoms with Crippen LogP contribution in [-0.4, -0.2) is 41.9 Å². The number of nitrogens with zero attached hydrogens (tertiary/aromatic N) is 3. The Morgan fingerprint density at radius 1 is 1.04 bits per heavy atom. The fourth-order valence-electron chi connectivity index (χ4n) is 3.08. The summed E-state index contributed by atoms with van der Waals surface area (Å²) < 4.78 is 41.1. The van der Waals surface area contributed by atoms with Gasteiger partial charge in [0.1, 0.15) is 11.6 Å². The number of amides is 1. The van der Waals surface area contributed by atoms with E-state index in [2.05, 4.69) is 0 Å². The van der Waals surface area contributed by atoms with Crippen molar-refractivity contribution in [2.24, 2.45) is 0 Å². The summed E-state index contributed by atoms with van der Waals surface area (Å²) in [5, 5.41) is 10.9. The second kappa shape index (κ2) is 7.26. The van der Waals surface area contributed by atoms with Crippen LogP contribution in [0.1, 0.15) is 15.9 Å². The van der Waals surface area contributed by atoms with Crippen molar-refractivity contribution in [1.82, 2.24) is 4.90 Å². The van der Waals surface area contributed by atoms with Crippen molar-refractivity contribution in [2.75, 3.05) is 31.1 Å². The predicted octanol–water partition coefficient (Wildman–Crippen LogP) is 3.28. The minimum Gasteiger partial charge on any atom is -0.366 e. The maximum atomic E-state index is 14.3. The van der Waals surface area contributed by atoms with E-state index in [1.165, 1.54) is 17.9 Å². The van der Waals surface area contributed by atoms with Crippen molar-refractivity contribution in [3.8, 4) is 0 Å². The molecule has 1 heterocycles. The molecule has 2 aromatic rings. The molecule has 0 N–H and O–H groups in total. The van der Waals surface area contributed by atoms with Crippen LogP contribution in [0, 0.1) is 34.5 Å². The van der Waals surface area contributed by atoms with Gasteiger partial charge < -0.3 is 9.80 Å². The summed E-state index contributed by atoms with van der Waals surface area (Å²) in [5.74, 6) is -2.97. The Balaban J connectivity index is 1.73. The third-order valence-corrected chi connectivity index (χ3v) is 4.53. The summed E-state index contributed by atoms with van der Waals surface area (Å²) >= 11 is 0. The van der Waals surface area contributed by atoms with E-state index in [4.69, 9.17) is 0 Å². The number of hydrogen-bond donors (Lipinski definition) is 0. The average Bonchev–Trinajstić information content (AvgIpc) is 2.63. The van der Waals surface area contributed by atoms with Crippen LogP contribution >= 0.6 is 0 Å². The molecule has 27 heavy (non-hydrogen) atoms. The van der Waals surface area contributed by atoms with Crippen molar-refractivity contribution in [2.45, 2.75) is 6.92 Å². The van der Waals surface area contributed by atoms with Crippen LogP contribution in [0.25, 0.3) is 0 Å². The zero-order valence-corrected chi connectivity index (χ0v) is 14.4. The fourth-order valence-corrected chi connectivity index (χ4v) is 3.08. The molecule has 3 rings (SSSR count). The quantitative estimate of drug-likeness (QED) is 0.606. The van der Waals surface area contributed by atoms with Crippen LogP contribution in [0.5, 0.6) is 0 Å². The molecule has 1 aliphatic heterocycles. The smallest absolute Gasteiger partial charge is 0.275 e. The number of rotatable bonds is 3. The Hall–Kier alpha value is -3.10. The van der Waals surface area contributed by atoms with Gasteiger partial charge in [0.2, 0.25) is 0 Å². The summed E-state index contributed by atoms with van der Waals surface area (Å²) in [5.41, 5.74) is 0.0421. The topological polar surface area (TPSA) is 66.7 Å². The normalized spacial score (nSPS) is 14.4. The van der Waals surface area contributed by atoms with Gasteiger partial charge in [0.05, 0.1) is 22.2 Å². The van der Waals surface area contributed by atoms with Crippen LogP contribution < -0.4 is 4.90 Å². The first-order valence-corrected chi connectivity index (χ1v) is 8.21. The van der Waals surface area contributed by atoms with Gasteiger partial charge in [-0.2, -0.15) is 0 Å². The minimum absolute atomic E-state index is 0.213. The molecule has 0 saturated carbocycles. The van der Waals surface area contributed by atoms with E-state index in [1.807, 2.05) is 0 Å². The summed E-state index contributed by atoms with van der Waals surface area (Å²) in [4.78, 5) is 25.7. The second-order valence-electron chi connectivity index (χ2n) is 6.25. The molecular formula is C18H16F3N3O3. The Morgan fingerprint density at radius 3 is 2.30 bits per heavy atom. The number of carbonyl (C=O) groups is 1. The van der Waals surface area contributed by atoms with Crippen molar-refractivity contribution in [3.05, 3.63) is 69.0 Å². The number of benzene rings is 2. The number of piperazine rings is 1. The summed E-state index contributed by atoms with van der Waals surface area (Å²) in [6, 6.07) is 5.06. The molecule has 0 radical (unpaired) electrons. The summed E-state index contributed by atoms with van der Waals surface area (Å²) in [6.45, 7) is 2.51. The van der Waals surface area contributed by atoms with E-state index in [1.54, 1.807) is 4.90 Å². The highest BCUT2D eigenvalue weighted by Crippen LogP contribution is 2.29. The maximum Gasteiger partial charge on any atom is 0.275 e. The Bertz CT molecular complexity index is 912. The Morgan fingerprint density at radius 2 is 1.70 bits per heavy atom. The average molecular weight is 379 g/mol. The lowest BCUT2D eigenvalue weighted by Crippen LogP contribution is -2.49. The molecule has 9 heteroatoms. The van der Waals surface area contributed by atoms with Gasteiger partial charge in [-0.3, -0.25) is 14.9 Å². The number of carbonyl (C=O) groups excluding carboxylic acids is 1. The van der Waals surface area contributed by atoms with E-state index >= 15 is 0 Å². The third-order valence-electron chi connectivity index (χ3n) is 4.53. The van der Waals surface area contributed by atoms with Gasteiger partial charge >= 0.3 is 0 Å². The molecule has 1 aliphatic rings. The van der Waals surface area contributed by atoms with Crippen LogP contribution in [0.3, 0.4) is 0 Å². The van der Waals surface area contributed by atoms with Crippen molar-refractivity contribution < 1.29 is 22.9 Å². The molecule has 142 valence electrons. The maximum absolute atomic E-state index is 14.3. The lowest BCUT2D eigenvalue weighted by Gasteiger charge is -2.36. The van der Waals surface area contributed by atoms with Gasteiger partial charge in [0.25, 0.3) is 11.6 Å². The van der Waals surface area contributed by atoms with E-state index in [-0.39, 0.29) is 43.1 Å². The first-order valence-electron chi connectivity index (χ1n) is 8.21. The SMILES string of the molecule is Cc1cc(N2CCN(C(=O)c3ccc(F)cc3F)CC2)c(F)cc1[N+](=O)[O-]. The predicted molar refractivity (Wildman–Crippen MR) is 92.3 cm³/mol. The number of nitro groups is 1. The zero-order valence-electron chi connectivity index (χ0n) is 14.4. The number of halogens is 3. The van der Waals surface area contributed by atoms with E-state index < -0.39 is 28.3 Å². The zero-order chi connectivity index (χ0) is 19.7. The van der Waals surface area contributed by atoms with E-state index in [9.17, 15) is 28.1 Å². The number of hydrogen-bond acceptors (Lipinski definition) is 4. The molecule has 6 nitrogen and oxygen atoms in total. The summed E-state index contributed by atoms with van der Waals surface area (Å²) in [7, 11) is 0. The molecule has 1 saturated heterocycles. The highest BCUT2D eigenvalue weighted by Gasteiger charge is 2.26. The molecule has 0 unspecified atom stereocenters. The highest BCUT2D eigenvalue weighted by atomic mass is 19.1. The number of nitro benzene ring substituents is 1. The van der Waals surface area contributed by atoms with Gasteiger partial charge in [0.15, 0.2) is 5.82 Å². The van der Waals surface area contributed by atoms with Crippen molar-refractivity contribution in [1.29, 1.82) is 0 Å². The number of aryl methyl sites for hydroxylation is 1. The van der Waals surface area contributed by atoms with Crippen LogP contribution in [0.2, 0.25) is 0 Å². The standard InChI is InChI=1S/C18H16F3N3O3/c1-11-8-17(15(21)10-16(11)24(26)27)22-4-6-23(7-5-22)18(25)13-3-2-12(19)9-14(13)20/h2-3,8-10H,4-7H2,1H3. The van der Waals surface area contributed by atoms with Gasteiger partial charge in [-0.05, 0) is 25.1 Å². The first kappa shape index (κ1) is 18.7. The first-order chi connectivity index (χ1) is 12.8. The highest BCUT2D eigenvalue weighted by molar-refractivity contribution is 5.94. The Labute approximate surface area is 153 Å². The van der Waals surface area contributed by atoms with Crippen LogP contribution in [-0.2, 0) is 0 Å². The van der Waals surface area contributed by atoms with E-state index in [0.29, 0.717) is 11.6 Å². The third kappa shape index (κ3) is 3.71. The van der Waals surface area contributed by atoms with Crippen LogP contribution in [0.15, 0.2) is 30.3 Å². The fraction of sp³-hybridized carbons (Fsp3) is 0.278. The lowest BCUT2D eigenvalue weighted by molar-refractivity contribution is -0.385. The van der Waals surface area contributed by atoms with Gasteiger partial charge in [-0.15, -0.1) is 0 Å². The summed E-state index contributed by atoms with van der Waals surface area (Å²) in [6.07, 6.45) is 0. The number of anilines is 1. The Kier molecular flexibility index (Phi) is 5.02. The molecule has 0 aromatic heterocycles. The molecule has 1 fully saturated rings. The molecule has 1 amide bonds. The second-order valence-corrected chi connectivity index (χ2v) is 6.25. The van der Waals surface area contributed by atoms with Crippen molar-refractivity contribution in [3.63, 3.8) is 0 Å². The van der Waals surface area contributed by atoms with Gasteiger partial charge in [0, 0.05) is 37.8 Å². The van der Waals surface area contributed by atoms with Gasteiger partial charge in [-0.25, -0.2) is 13.2 Å². The molecule has 0 bridgehead atoms. The molecular weight excluding hydrogens is 363 g/mol. The molecule has 0 atom stereocenters. The lowest BCUT2D eigenvalue weighted by atomic mass is 10.1. The van der Waals surface area contributed by atoms with Crippen molar-refractivity contribution >= 4 is 17.3 Å². The minimum atomic E-state index is -0.931. The van der Waals surface area contributed by atoms with Crippen LogP contribution in [0.4, 0.5) is 24.5 Å². The molecule has 0 spiro atoms. The van der Waals surface area contributed by atoms with Gasteiger partial charge in [-0.1, -0.05) is 0 Å².